The normalized spacial score (nSPS) is 11.5. The largest absolute Gasteiger partial charge is 0.345 e. The molecule has 0 saturated carbocycles. The standard InChI is InChI=1S/C18H25N3OS/c1-18(2,12-19)13-21(3)17(22)10-15-11-23-16(20-15)9-14-7-5-4-6-8-14/h4-8,11H,9-10,12-13,19H2,1-3H3. The van der Waals surface area contributed by atoms with Gasteiger partial charge >= 0.3 is 0 Å². The highest BCUT2D eigenvalue weighted by Gasteiger charge is 2.21. The van der Waals surface area contributed by atoms with Gasteiger partial charge < -0.3 is 10.6 Å². The van der Waals surface area contributed by atoms with Crippen LogP contribution >= 0.6 is 11.3 Å². The van der Waals surface area contributed by atoms with Gasteiger partial charge in [0.15, 0.2) is 0 Å². The Balaban J connectivity index is 1.92. The van der Waals surface area contributed by atoms with Gasteiger partial charge in [0.05, 0.1) is 17.1 Å². The Kier molecular flexibility index (Phi) is 5.91. The molecule has 2 aromatic rings. The Hall–Kier alpha value is -1.72. The number of nitrogens with two attached hydrogens (primary N) is 1. The van der Waals surface area contributed by atoms with Gasteiger partial charge in [-0.3, -0.25) is 4.79 Å². The number of likely N-dealkylation sites (N-methyl/N-ethyl adjacent to an activating group) is 1. The van der Waals surface area contributed by atoms with E-state index in [4.69, 9.17) is 5.73 Å². The highest BCUT2D eigenvalue weighted by atomic mass is 32.1. The first-order chi connectivity index (χ1) is 10.9. The van der Waals surface area contributed by atoms with E-state index in [9.17, 15) is 4.79 Å². The van der Waals surface area contributed by atoms with E-state index in [1.54, 1.807) is 16.2 Å². The van der Waals surface area contributed by atoms with Crippen LogP contribution in [-0.2, 0) is 17.6 Å². The Morgan fingerprint density at radius 1 is 1.30 bits per heavy atom. The molecule has 4 nitrogen and oxygen atoms in total. The van der Waals surface area contributed by atoms with Crippen molar-refractivity contribution in [1.29, 1.82) is 0 Å². The van der Waals surface area contributed by atoms with Crippen LogP contribution in [0.1, 0.15) is 30.1 Å². The zero-order valence-corrected chi connectivity index (χ0v) is 14.9. The number of carbonyl (C=O) groups is 1. The number of amides is 1. The number of aromatic nitrogens is 1. The van der Waals surface area contributed by atoms with Crippen LogP contribution in [-0.4, -0.2) is 35.9 Å². The summed E-state index contributed by atoms with van der Waals surface area (Å²) in [5.74, 6) is 0.0862. The van der Waals surface area contributed by atoms with E-state index in [1.807, 2.05) is 30.6 Å². The number of nitrogens with zero attached hydrogens (tertiary/aromatic N) is 2. The van der Waals surface area contributed by atoms with Crippen LogP contribution in [0.25, 0.3) is 0 Å². The summed E-state index contributed by atoms with van der Waals surface area (Å²) >= 11 is 1.61. The highest BCUT2D eigenvalue weighted by molar-refractivity contribution is 7.09. The smallest absolute Gasteiger partial charge is 0.228 e. The summed E-state index contributed by atoms with van der Waals surface area (Å²) in [5, 5.41) is 3.03. The van der Waals surface area contributed by atoms with Gasteiger partial charge in [0.25, 0.3) is 0 Å². The van der Waals surface area contributed by atoms with Crippen LogP contribution in [0.15, 0.2) is 35.7 Å². The molecule has 0 radical (unpaired) electrons. The molecule has 0 bridgehead atoms. The Morgan fingerprint density at radius 3 is 2.65 bits per heavy atom. The molecule has 23 heavy (non-hydrogen) atoms. The van der Waals surface area contributed by atoms with Gasteiger partial charge in [-0.05, 0) is 17.5 Å². The van der Waals surface area contributed by atoms with Crippen molar-refractivity contribution in [1.82, 2.24) is 9.88 Å². The Labute approximate surface area is 142 Å². The summed E-state index contributed by atoms with van der Waals surface area (Å²) in [7, 11) is 1.83. The number of rotatable bonds is 7. The molecular formula is C18H25N3OS. The molecule has 0 spiro atoms. The zero-order chi connectivity index (χ0) is 16.9. The summed E-state index contributed by atoms with van der Waals surface area (Å²) in [4.78, 5) is 18.7. The molecule has 1 heterocycles. The van der Waals surface area contributed by atoms with E-state index < -0.39 is 0 Å². The van der Waals surface area contributed by atoms with Crippen molar-refractivity contribution in [2.75, 3.05) is 20.1 Å². The van der Waals surface area contributed by atoms with E-state index in [2.05, 4.69) is 31.0 Å². The van der Waals surface area contributed by atoms with E-state index >= 15 is 0 Å². The van der Waals surface area contributed by atoms with Crippen LogP contribution in [0, 0.1) is 5.41 Å². The molecule has 0 aliphatic heterocycles. The van der Waals surface area contributed by atoms with Crippen LogP contribution in [0.4, 0.5) is 0 Å². The van der Waals surface area contributed by atoms with Crippen LogP contribution in [0.3, 0.4) is 0 Å². The molecule has 0 aliphatic rings. The maximum atomic E-state index is 12.3. The maximum Gasteiger partial charge on any atom is 0.228 e. The molecule has 0 saturated heterocycles. The first kappa shape index (κ1) is 17.6. The third-order valence-corrected chi connectivity index (χ3v) is 4.67. The molecule has 1 aromatic carbocycles. The van der Waals surface area contributed by atoms with Crippen molar-refractivity contribution in [3.05, 3.63) is 52.0 Å². The lowest BCUT2D eigenvalue weighted by atomic mass is 9.93. The highest BCUT2D eigenvalue weighted by Crippen LogP contribution is 2.17. The fourth-order valence-electron chi connectivity index (χ4n) is 2.37. The third kappa shape index (κ3) is 5.44. The number of hydrogen-bond donors (Lipinski definition) is 1. The van der Waals surface area contributed by atoms with Crippen molar-refractivity contribution in [3.8, 4) is 0 Å². The monoisotopic (exact) mass is 331 g/mol. The minimum absolute atomic E-state index is 0.0645. The van der Waals surface area contributed by atoms with Gasteiger partial charge in [0.2, 0.25) is 5.91 Å². The van der Waals surface area contributed by atoms with E-state index in [0.29, 0.717) is 19.5 Å². The van der Waals surface area contributed by atoms with Crippen molar-refractivity contribution in [2.45, 2.75) is 26.7 Å². The predicted molar refractivity (Wildman–Crippen MR) is 95.5 cm³/mol. The number of carbonyl (C=O) groups excluding carboxylic acids is 1. The first-order valence-electron chi connectivity index (χ1n) is 7.81. The lowest BCUT2D eigenvalue weighted by molar-refractivity contribution is -0.130. The molecule has 0 unspecified atom stereocenters. The molecule has 124 valence electrons. The van der Waals surface area contributed by atoms with E-state index in [1.165, 1.54) is 5.56 Å². The van der Waals surface area contributed by atoms with Crippen molar-refractivity contribution >= 4 is 17.2 Å². The average Bonchev–Trinajstić information content (AvgIpc) is 2.95. The van der Waals surface area contributed by atoms with Gasteiger partial charge in [0.1, 0.15) is 0 Å². The molecule has 2 rings (SSSR count). The quantitative estimate of drug-likeness (QED) is 0.848. The second kappa shape index (κ2) is 7.70. The maximum absolute atomic E-state index is 12.3. The summed E-state index contributed by atoms with van der Waals surface area (Å²) in [6, 6.07) is 10.3. The Morgan fingerprint density at radius 2 is 2.00 bits per heavy atom. The molecule has 0 fully saturated rings. The number of hydrogen-bond acceptors (Lipinski definition) is 4. The second-order valence-electron chi connectivity index (χ2n) is 6.69. The SMILES string of the molecule is CN(CC(C)(C)CN)C(=O)Cc1csc(Cc2ccccc2)n1. The number of thiazole rings is 1. The molecule has 0 atom stereocenters. The van der Waals surface area contributed by atoms with Crippen LogP contribution < -0.4 is 5.73 Å². The minimum Gasteiger partial charge on any atom is -0.345 e. The zero-order valence-electron chi connectivity index (χ0n) is 14.1. The topological polar surface area (TPSA) is 59.2 Å². The fourth-order valence-corrected chi connectivity index (χ4v) is 3.19. The summed E-state index contributed by atoms with van der Waals surface area (Å²) in [6.45, 7) is 5.35. The summed E-state index contributed by atoms with van der Waals surface area (Å²) < 4.78 is 0. The molecule has 1 amide bonds. The van der Waals surface area contributed by atoms with Crippen molar-refractivity contribution < 1.29 is 4.79 Å². The molecule has 5 heteroatoms. The Bertz CT molecular complexity index is 637. The average molecular weight is 331 g/mol. The van der Waals surface area contributed by atoms with Gasteiger partial charge in [-0.2, -0.15) is 0 Å². The fraction of sp³-hybridized carbons (Fsp3) is 0.444. The molecular weight excluding hydrogens is 306 g/mol. The van der Waals surface area contributed by atoms with Crippen molar-refractivity contribution in [3.63, 3.8) is 0 Å². The van der Waals surface area contributed by atoms with E-state index in [-0.39, 0.29) is 11.3 Å². The van der Waals surface area contributed by atoms with Crippen LogP contribution in [0.5, 0.6) is 0 Å². The summed E-state index contributed by atoms with van der Waals surface area (Å²) in [6.07, 6.45) is 1.16. The predicted octanol–water partition coefficient (Wildman–Crippen LogP) is 2.72. The number of benzene rings is 1. The van der Waals surface area contributed by atoms with Gasteiger partial charge in [-0.25, -0.2) is 4.98 Å². The van der Waals surface area contributed by atoms with Gasteiger partial charge in [-0.15, -0.1) is 11.3 Å². The van der Waals surface area contributed by atoms with Crippen molar-refractivity contribution in [2.24, 2.45) is 11.1 Å². The van der Waals surface area contributed by atoms with Crippen LogP contribution in [0.2, 0.25) is 0 Å². The first-order valence-corrected chi connectivity index (χ1v) is 8.69. The summed E-state index contributed by atoms with van der Waals surface area (Å²) in [5.41, 5.74) is 7.76. The lowest BCUT2D eigenvalue weighted by Gasteiger charge is -2.28. The molecule has 2 N–H and O–H groups in total. The van der Waals surface area contributed by atoms with Gasteiger partial charge in [-0.1, -0.05) is 44.2 Å². The third-order valence-electron chi connectivity index (χ3n) is 3.77. The van der Waals surface area contributed by atoms with E-state index in [0.717, 1.165) is 17.1 Å². The minimum atomic E-state index is -0.0645. The molecule has 0 aliphatic carbocycles. The lowest BCUT2D eigenvalue weighted by Crippen LogP contribution is -2.40. The second-order valence-corrected chi connectivity index (χ2v) is 7.63. The molecule has 1 aromatic heterocycles. The van der Waals surface area contributed by atoms with Gasteiger partial charge in [0, 0.05) is 25.4 Å².